The molecule has 0 radical (unpaired) electrons. The molecule has 2 rings (SSSR count). The molecule has 1 N–H and O–H groups in total. The number of rotatable bonds is 4. The van der Waals surface area contributed by atoms with Crippen molar-refractivity contribution in [1.29, 1.82) is 0 Å². The molecule has 2 saturated heterocycles. The molecule has 0 aromatic heterocycles. The van der Waals surface area contributed by atoms with Crippen molar-refractivity contribution in [3.05, 3.63) is 0 Å². The van der Waals surface area contributed by atoms with E-state index in [1.807, 2.05) is 0 Å². The lowest BCUT2D eigenvalue weighted by atomic mass is 9.90. The fourth-order valence-corrected chi connectivity index (χ4v) is 4.83. The molecule has 19 heavy (non-hydrogen) atoms. The van der Waals surface area contributed by atoms with E-state index < -0.39 is 10.0 Å². The molecular formula is C14H28N2O2S. The first-order valence-electron chi connectivity index (χ1n) is 7.67. The molecule has 0 aromatic rings. The SMILES string of the molecule is CC1CCN(S(=O)(=O)CCC2CCNCC2)CC1C. The highest BCUT2D eigenvalue weighted by molar-refractivity contribution is 7.89. The van der Waals surface area contributed by atoms with Gasteiger partial charge in [0.2, 0.25) is 10.0 Å². The van der Waals surface area contributed by atoms with Crippen molar-refractivity contribution in [2.45, 2.75) is 39.5 Å². The molecule has 0 aromatic carbocycles. The van der Waals surface area contributed by atoms with E-state index >= 15 is 0 Å². The van der Waals surface area contributed by atoms with E-state index in [-0.39, 0.29) is 0 Å². The second-order valence-electron chi connectivity index (χ2n) is 6.40. The van der Waals surface area contributed by atoms with Gasteiger partial charge in [-0.3, -0.25) is 0 Å². The largest absolute Gasteiger partial charge is 0.317 e. The Bertz CT molecular complexity index is 377. The predicted octanol–water partition coefficient (Wildman–Crippen LogP) is 1.68. The highest BCUT2D eigenvalue weighted by Crippen LogP contribution is 2.25. The summed E-state index contributed by atoms with van der Waals surface area (Å²) in [5.74, 6) is 2.08. The zero-order valence-corrected chi connectivity index (χ0v) is 13.1. The number of nitrogens with one attached hydrogen (secondary N) is 1. The fourth-order valence-electron chi connectivity index (χ4n) is 3.09. The molecular weight excluding hydrogens is 260 g/mol. The standard InChI is InChI=1S/C14H28N2O2S/c1-12-5-9-16(11-13(12)2)19(17,18)10-6-14-3-7-15-8-4-14/h12-15H,3-11H2,1-2H3. The van der Waals surface area contributed by atoms with Gasteiger partial charge in [0, 0.05) is 13.1 Å². The monoisotopic (exact) mass is 288 g/mol. The third-order valence-corrected chi connectivity index (χ3v) is 6.80. The van der Waals surface area contributed by atoms with Gasteiger partial charge in [0.15, 0.2) is 0 Å². The van der Waals surface area contributed by atoms with Crippen LogP contribution in [0.5, 0.6) is 0 Å². The van der Waals surface area contributed by atoms with Gasteiger partial charge < -0.3 is 5.32 Å². The van der Waals surface area contributed by atoms with Crippen LogP contribution < -0.4 is 5.32 Å². The second kappa shape index (κ2) is 6.55. The molecule has 0 bridgehead atoms. The lowest BCUT2D eigenvalue weighted by Crippen LogP contribution is -2.43. The van der Waals surface area contributed by atoms with E-state index in [1.54, 1.807) is 4.31 Å². The van der Waals surface area contributed by atoms with Crippen molar-refractivity contribution < 1.29 is 8.42 Å². The minimum absolute atomic E-state index is 0.346. The average molecular weight is 288 g/mol. The Balaban J connectivity index is 1.84. The van der Waals surface area contributed by atoms with Gasteiger partial charge in [-0.25, -0.2) is 12.7 Å². The quantitative estimate of drug-likeness (QED) is 0.856. The summed E-state index contributed by atoms with van der Waals surface area (Å²) in [6.07, 6.45) is 4.10. The average Bonchev–Trinajstić information content (AvgIpc) is 2.41. The molecule has 2 fully saturated rings. The summed E-state index contributed by atoms with van der Waals surface area (Å²) >= 11 is 0. The van der Waals surface area contributed by atoms with Gasteiger partial charge in [-0.15, -0.1) is 0 Å². The topological polar surface area (TPSA) is 49.4 Å². The maximum Gasteiger partial charge on any atom is 0.214 e. The molecule has 5 heteroatoms. The Morgan fingerprint density at radius 3 is 2.42 bits per heavy atom. The Kier molecular flexibility index (Phi) is 5.26. The van der Waals surface area contributed by atoms with Crippen molar-refractivity contribution in [3.63, 3.8) is 0 Å². The molecule has 0 spiro atoms. The van der Waals surface area contributed by atoms with Crippen LogP contribution in [0.15, 0.2) is 0 Å². The minimum Gasteiger partial charge on any atom is -0.317 e. The van der Waals surface area contributed by atoms with Crippen molar-refractivity contribution in [3.8, 4) is 0 Å². The van der Waals surface area contributed by atoms with Crippen LogP contribution in [0.4, 0.5) is 0 Å². The number of nitrogens with zero attached hydrogens (tertiary/aromatic N) is 1. The van der Waals surface area contributed by atoms with Crippen LogP contribution in [0.25, 0.3) is 0 Å². The van der Waals surface area contributed by atoms with Crippen molar-refractivity contribution in [2.24, 2.45) is 17.8 Å². The molecule has 2 atom stereocenters. The van der Waals surface area contributed by atoms with E-state index in [0.29, 0.717) is 23.5 Å². The lowest BCUT2D eigenvalue weighted by Gasteiger charge is -2.34. The van der Waals surface area contributed by atoms with Crippen LogP contribution in [0.3, 0.4) is 0 Å². The van der Waals surface area contributed by atoms with Crippen molar-refractivity contribution in [2.75, 3.05) is 31.9 Å². The van der Waals surface area contributed by atoms with E-state index in [9.17, 15) is 8.42 Å². The van der Waals surface area contributed by atoms with E-state index in [2.05, 4.69) is 19.2 Å². The van der Waals surface area contributed by atoms with Gasteiger partial charge in [0.1, 0.15) is 0 Å². The lowest BCUT2D eigenvalue weighted by molar-refractivity contribution is 0.212. The normalized spacial score (nSPS) is 31.5. The van der Waals surface area contributed by atoms with Gasteiger partial charge in [-0.2, -0.15) is 0 Å². The van der Waals surface area contributed by atoms with Crippen LogP contribution in [-0.2, 0) is 10.0 Å². The zero-order chi connectivity index (χ0) is 13.9. The first kappa shape index (κ1) is 15.3. The Morgan fingerprint density at radius 2 is 1.79 bits per heavy atom. The van der Waals surface area contributed by atoms with Crippen LogP contribution >= 0.6 is 0 Å². The Hall–Kier alpha value is -0.130. The first-order chi connectivity index (χ1) is 8.99. The Labute approximate surface area is 118 Å². The summed E-state index contributed by atoms with van der Waals surface area (Å²) in [6.45, 7) is 7.92. The summed E-state index contributed by atoms with van der Waals surface area (Å²) in [4.78, 5) is 0. The molecule has 0 amide bonds. The number of piperidine rings is 2. The van der Waals surface area contributed by atoms with Gasteiger partial charge in [0.25, 0.3) is 0 Å². The molecule has 112 valence electrons. The highest BCUT2D eigenvalue weighted by atomic mass is 32.2. The van der Waals surface area contributed by atoms with Crippen LogP contribution in [0.2, 0.25) is 0 Å². The van der Waals surface area contributed by atoms with Crippen molar-refractivity contribution >= 4 is 10.0 Å². The maximum absolute atomic E-state index is 12.4. The van der Waals surface area contributed by atoms with Crippen molar-refractivity contribution in [1.82, 2.24) is 9.62 Å². The van der Waals surface area contributed by atoms with Crippen LogP contribution in [-0.4, -0.2) is 44.7 Å². The summed E-state index contributed by atoms with van der Waals surface area (Å²) in [5.41, 5.74) is 0. The molecule has 2 aliphatic heterocycles. The van der Waals surface area contributed by atoms with E-state index in [0.717, 1.165) is 51.9 Å². The molecule has 2 aliphatic rings. The molecule has 0 saturated carbocycles. The van der Waals surface area contributed by atoms with Gasteiger partial charge in [0.05, 0.1) is 5.75 Å². The predicted molar refractivity (Wildman–Crippen MR) is 78.5 cm³/mol. The smallest absolute Gasteiger partial charge is 0.214 e. The number of hydrogen-bond acceptors (Lipinski definition) is 3. The Morgan fingerprint density at radius 1 is 1.11 bits per heavy atom. The summed E-state index contributed by atoms with van der Waals surface area (Å²) in [7, 11) is -3.03. The van der Waals surface area contributed by atoms with Crippen LogP contribution in [0.1, 0.15) is 39.5 Å². The molecule has 2 heterocycles. The highest BCUT2D eigenvalue weighted by Gasteiger charge is 2.30. The van der Waals surface area contributed by atoms with Gasteiger partial charge in [-0.05, 0) is 56.5 Å². The fraction of sp³-hybridized carbons (Fsp3) is 1.00. The number of sulfonamides is 1. The number of hydrogen-bond donors (Lipinski definition) is 1. The minimum atomic E-state index is -3.03. The van der Waals surface area contributed by atoms with Crippen LogP contribution in [0, 0.1) is 17.8 Å². The third kappa shape index (κ3) is 4.17. The molecule has 2 unspecified atom stereocenters. The molecule has 4 nitrogen and oxygen atoms in total. The van der Waals surface area contributed by atoms with E-state index in [1.165, 1.54) is 0 Å². The zero-order valence-electron chi connectivity index (χ0n) is 12.3. The summed E-state index contributed by atoms with van der Waals surface area (Å²) < 4.78 is 26.5. The second-order valence-corrected chi connectivity index (χ2v) is 8.49. The maximum atomic E-state index is 12.4. The van der Waals surface area contributed by atoms with Gasteiger partial charge in [-0.1, -0.05) is 13.8 Å². The van der Waals surface area contributed by atoms with E-state index in [4.69, 9.17) is 0 Å². The summed E-state index contributed by atoms with van der Waals surface area (Å²) in [5, 5.41) is 3.33. The molecule has 0 aliphatic carbocycles. The first-order valence-corrected chi connectivity index (χ1v) is 9.28. The third-order valence-electron chi connectivity index (χ3n) is 4.93. The van der Waals surface area contributed by atoms with Gasteiger partial charge >= 0.3 is 0 Å². The summed E-state index contributed by atoms with van der Waals surface area (Å²) in [6, 6.07) is 0.